The molecule has 1 N–H and O–H groups in total. The summed E-state index contributed by atoms with van der Waals surface area (Å²) in [7, 11) is 0. The second-order valence-electron chi connectivity index (χ2n) is 5.44. The molecule has 5 heteroatoms. The van der Waals surface area contributed by atoms with Gasteiger partial charge in [-0.2, -0.15) is 5.06 Å². The second kappa shape index (κ2) is 6.60. The topological polar surface area (TPSA) is 47.0 Å². The minimum Gasteiger partial charge on any atom is -0.310 e. The Balaban J connectivity index is 1.71. The average molecular weight is 297 g/mol. The predicted octanol–water partition coefficient (Wildman–Crippen LogP) is 2.73. The van der Waals surface area contributed by atoms with E-state index in [4.69, 9.17) is 0 Å². The molecule has 3 rings (SSSR count). The Morgan fingerprint density at radius 1 is 0.773 bits per heavy atom. The highest BCUT2D eigenvalue weighted by Crippen LogP contribution is 2.15. The maximum Gasteiger partial charge on any atom is 0.322 e. The van der Waals surface area contributed by atoms with Gasteiger partial charge < -0.3 is 15.0 Å². The van der Waals surface area contributed by atoms with Gasteiger partial charge in [-0.3, -0.25) is 0 Å². The molecule has 0 radical (unpaired) electrons. The Kier molecular flexibility index (Phi) is 4.37. The lowest BCUT2D eigenvalue weighted by Gasteiger charge is -2.39. The number of hydroxylamine groups is 2. The van der Waals surface area contributed by atoms with Crippen molar-refractivity contribution in [3.8, 4) is 0 Å². The summed E-state index contributed by atoms with van der Waals surface area (Å²) >= 11 is 0. The molecule has 0 aromatic heterocycles. The molecule has 0 bridgehead atoms. The highest BCUT2D eigenvalue weighted by Gasteiger charge is 2.29. The second-order valence-corrected chi connectivity index (χ2v) is 5.44. The van der Waals surface area contributed by atoms with Gasteiger partial charge in [0, 0.05) is 13.1 Å². The SMILES string of the molecule is O=C1N(Cc2ccccc2)CN(O)CN1Cc1ccccc1. The van der Waals surface area contributed by atoms with Gasteiger partial charge in [0.05, 0.1) is 0 Å². The van der Waals surface area contributed by atoms with Gasteiger partial charge in [0.15, 0.2) is 0 Å². The molecule has 2 amide bonds. The van der Waals surface area contributed by atoms with Crippen molar-refractivity contribution in [1.82, 2.24) is 14.9 Å². The number of hydrogen-bond donors (Lipinski definition) is 1. The average Bonchev–Trinajstić information content (AvgIpc) is 2.54. The van der Waals surface area contributed by atoms with E-state index < -0.39 is 0 Å². The molecular weight excluding hydrogens is 278 g/mol. The third kappa shape index (κ3) is 3.44. The Bertz CT molecular complexity index is 565. The van der Waals surface area contributed by atoms with E-state index >= 15 is 0 Å². The standard InChI is InChI=1S/C17H19N3O2/c21-17-18(11-15-7-3-1-4-8-15)13-20(22)14-19(17)12-16-9-5-2-6-10-16/h1-10,22H,11-14H2. The first kappa shape index (κ1) is 14.6. The molecule has 0 spiro atoms. The van der Waals surface area contributed by atoms with Crippen molar-refractivity contribution >= 4 is 6.03 Å². The Labute approximate surface area is 129 Å². The molecule has 22 heavy (non-hydrogen) atoms. The van der Waals surface area contributed by atoms with E-state index in [-0.39, 0.29) is 19.4 Å². The maximum atomic E-state index is 12.6. The van der Waals surface area contributed by atoms with E-state index in [0.717, 1.165) is 16.2 Å². The molecule has 114 valence electrons. The summed E-state index contributed by atoms with van der Waals surface area (Å²) in [4.78, 5) is 15.9. The van der Waals surface area contributed by atoms with Crippen LogP contribution < -0.4 is 0 Å². The lowest BCUT2D eigenvalue weighted by Crippen LogP contribution is -2.56. The third-order valence-corrected chi connectivity index (χ3v) is 3.64. The number of nitrogens with zero attached hydrogens (tertiary/aromatic N) is 3. The quantitative estimate of drug-likeness (QED) is 0.944. The van der Waals surface area contributed by atoms with E-state index in [1.807, 2.05) is 60.7 Å². The molecule has 0 saturated carbocycles. The minimum absolute atomic E-state index is 0.0574. The number of benzene rings is 2. The van der Waals surface area contributed by atoms with Crippen LogP contribution in [0.15, 0.2) is 60.7 Å². The molecule has 1 saturated heterocycles. The molecule has 2 aromatic carbocycles. The zero-order valence-corrected chi connectivity index (χ0v) is 12.3. The Hall–Kier alpha value is -2.37. The molecular formula is C17H19N3O2. The molecule has 0 aliphatic carbocycles. The summed E-state index contributed by atoms with van der Waals surface area (Å²) in [6.45, 7) is 1.42. The molecule has 5 nitrogen and oxygen atoms in total. The van der Waals surface area contributed by atoms with Crippen molar-refractivity contribution in [3.05, 3.63) is 71.8 Å². The summed E-state index contributed by atoms with van der Waals surface area (Å²) in [6.07, 6.45) is 0. The fraction of sp³-hybridized carbons (Fsp3) is 0.235. The zero-order valence-electron chi connectivity index (χ0n) is 12.3. The van der Waals surface area contributed by atoms with Crippen LogP contribution >= 0.6 is 0 Å². The fourth-order valence-corrected chi connectivity index (χ4v) is 2.60. The van der Waals surface area contributed by atoms with Crippen molar-refractivity contribution in [1.29, 1.82) is 0 Å². The van der Waals surface area contributed by atoms with Crippen molar-refractivity contribution in [3.63, 3.8) is 0 Å². The normalized spacial score (nSPS) is 16.1. The summed E-state index contributed by atoms with van der Waals surface area (Å²) < 4.78 is 0. The van der Waals surface area contributed by atoms with Gasteiger partial charge in [-0.1, -0.05) is 60.7 Å². The molecule has 0 atom stereocenters. The lowest BCUT2D eigenvalue weighted by atomic mass is 10.2. The van der Waals surface area contributed by atoms with Crippen LogP contribution in [0.2, 0.25) is 0 Å². The van der Waals surface area contributed by atoms with Crippen LogP contribution in [0.4, 0.5) is 4.79 Å². The highest BCUT2D eigenvalue weighted by atomic mass is 16.5. The van der Waals surface area contributed by atoms with Crippen molar-refractivity contribution in [2.24, 2.45) is 0 Å². The van der Waals surface area contributed by atoms with E-state index in [0.29, 0.717) is 13.1 Å². The van der Waals surface area contributed by atoms with Crippen molar-refractivity contribution < 1.29 is 10.0 Å². The van der Waals surface area contributed by atoms with Crippen LogP contribution in [-0.2, 0) is 13.1 Å². The first-order valence-electron chi connectivity index (χ1n) is 7.28. The first-order valence-corrected chi connectivity index (χ1v) is 7.28. The van der Waals surface area contributed by atoms with E-state index in [2.05, 4.69) is 0 Å². The van der Waals surface area contributed by atoms with Gasteiger partial charge in [0.25, 0.3) is 0 Å². The van der Waals surface area contributed by atoms with Gasteiger partial charge in [0.2, 0.25) is 0 Å². The molecule has 0 unspecified atom stereocenters. The zero-order chi connectivity index (χ0) is 15.4. The van der Waals surface area contributed by atoms with Crippen molar-refractivity contribution in [2.45, 2.75) is 13.1 Å². The number of rotatable bonds is 4. The van der Waals surface area contributed by atoms with E-state index in [9.17, 15) is 10.0 Å². The highest BCUT2D eigenvalue weighted by molar-refractivity contribution is 5.75. The van der Waals surface area contributed by atoms with Crippen LogP contribution in [0.5, 0.6) is 0 Å². The van der Waals surface area contributed by atoms with Gasteiger partial charge in [-0.25, -0.2) is 4.79 Å². The number of carbonyl (C=O) groups is 1. The lowest BCUT2D eigenvalue weighted by molar-refractivity contribution is -0.164. The number of urea groups is 1. The molecule has 1 aliphatic heterocycles. The molecule has 1 heterocycles. The fourth-order valence-electron chi connectivity index (χ4n) is 2.60. The van der Waals surface area contributed by atoms with Crippen LogP contribution in [0, 0.1) is 0 Å². The monoisotopic (exact) mass is 297 g/mol. The number of carbonyl (C=O) groups excluding carboxylic acids is 1. The van der Waals surface area contributed by atoms with Gasteiger partial charge in [-0.15, -0.1) is 0 Å². The number of amides is 2. The van der Waals surface area contributed by atoms with Crippen LogP contribution in [0.3, 0.4) is 0 Å². The summed E-state index contributed by atoms with van der Waals surface area (Å²) in [5, 5.41) is 11.1. The van der Waals surface area contributed by atoms with E-state index in [1.54, 1.807) is 9.80 Å². The van der Waals surface area contributed by atoms with Gasteiger partial charge >= 0.3 is 6.03 Å². The Morgan fingerprint density at radius 2 is 1.18 bits per heavy atom. The smallest absolute Gasteiger partial charge is 0.310 e. The third-order valence-electron chi connectivity index (χ3n) is 3.64. The van der Waals surface area contributed by atoms with Crippen LogP contribution in [0.1, 0.15) is 11.1 Å². The Morgan fingerprint density at radius 3 is 1.59 bits per heavy atom. The first-order chi connectivity index (χ1) is 10.7. The minimum atomic E-state index is -0.0574. The maximum absolute atomic E-state index is 12.6. The number of hydrogen-bond acceptors (Lipinski definition) is 3. The van der Waals surface area contributed by atoms with Crippen LogP contribution in [-0.4, -0.2) is 39.4 Å². The van der Waals surface area contributed by atoms with E-state index in [1.165, 1.54) is 0 Å². The molecule has 1 aliphatic rings. The van der Waals surface area contributed by atoms with Crippen LogP contribution in [0.25, 0.3) is 0 Å². The van der Waals surface area contributed by atoms with Crippen molar-refractivity contribution in [2.75, 3.05) is 13.3 Å². The molecule has 2 aromatic rings. The molecule has 1 fully saturated rings. The van der Waals surface area contributed by atoms with Gasteiger partial charge in [0.1, 0.15) is 13.3 Å². The summed E-state index contributed by atoms with van der Waals surface area (Å²) in [5.74, 6) is 0. The summed E-state index contributed by atoms with van der Waals surface area (Å²) in [6, 6.07) is 19.5. The summed E-state index contributed by atoms with van der Waals surface area (Å²) in [5.41, 5.74) is 2.09. The van der Waals surface area contributed by atoms with Gasteiger partial charge in [-0.05, 0) is 11.1 Å². The largest absolute Gasteiger partial charge is 0.322 e. The predicted molar refractivity (Wildman–Crippen MR) is 82.7 cm³/mol.